The Bertz CT molecular complexity index is 624. The summed E-state index contributed by atoms with van der Waals surface area (Å²) in [5.41, 5.74) is 10.9. The lowest BCUT2D eigenvalue weighted by Crippen LogP contribution is -1.93. The molecule has 0 unspecified atom stereocenters. The van der Waals surface area contributed by atoms with E-state index in [4.69, 9.17) is 10.5 Å². The van der Waals surface area contributed by atoms with Crippen molar-refractivity contribution in [2.75, 3.05) is 12.8 Å². The average molecular weight is 285 g/mol. The Morgan fingerprint density at radius 3 is 2.75 bits per heavy atom. The molecular weight excluding hydrogens is 266 g/mol. The van der Waals surface area contributed by atoms with E-state index in [0.29, 0.717) is 5.69 Å². The van der Waals surface area contributed by atoms with Gasteiger partial charge in [-0.2, -0.15) is 0 Å². The lowest BCUT2D eigenvalue weighted by Gasteiger charge is -2.08. The third kappa shape index (κ3) is 2.78. The quantitative estimate of drug-likeness (QED) is 0.679. The van der Waals surface area contributed by atoms with E-state index < -0.39 is 0 Å². The predicted molar refractivity (Wildman–Crippen MR) is 85.4 cm³/mol. The van der Waals surface area contributed by atoms with Crippen molar-refractivity contribution >= 4 is 17.4 Å². The van der Waals surface area contributed by atoms with Crippen molar-refractivity contribution in [2.24, 2.45) is 0 Å². The molecule has 0 atom stereocenters. The summed E-state index contributed by atoms with van der Waals surface area (Å²) >= 11 is 1.87. The van der Waals surface area contributed by atoms with E-state index in [-0.39, 0.29) is 0 Å². The van der Waals surface area contributed by atoms with Crippen LogP contribution in [0.4, 0.5) is 5.69 Å². The predicted octanol–water partition coefficient (Wildman–Crippen LogP) is 4.06. The zero-order chi connectivity index (χ0) is 13.9. The van der Waals surface area contributed by atoms with E-state index in [2.05, 4.69) is 24.3 Å². The smallest absolute Gasteiger partial charge is 0.141 e. The minimum Gasteiger partial charge on any atom is -0.495 e. The molecule has 1 aliphatic rings. The molecule has 0 spiro atoms. The number of nitrogen functional groups attached to an aromatic ring is 1. The van der Waals surface area contributed by atoms with E-state index in [9.17, 15) is 0 Å². The molecule has 0 saturated heterocycles. The summed E-state index contributed by atoms with van der Waals surface area (Å²) in [7, 11) is 1.64. The van der Waals surface area contributed by atoms with Gasteiger partial charge in [0.15, 0.2) is 0 Å². The van der Waals surface area contributed by atoms with Gasteiger partial charge in [-0.25, -0.2) is 0 Å². The molecule has 0 radical (unpaired) electrons. The summed E-state index contributed by atoms with van der Waals surface area (Å²) in [6, 6.07) is 12.9. The Morgan fingerprint density at radius 1 is 1.10 bits per heavy atom. The van der Waals surface area contributed by atoms with Crippen molar-refractivity contribution in [3.8, 4) is 5.75 Å². The summed E-state index contributed by atoms with van der Waals surface area (Å²) in [5.74, 6) is 1.68. The molecule has 104 valence electrons. The van der Waals surface area contributed by atoms with Crippen LogP contribution in [0.5, 0.6) is 5.75 Å². The molecule has 0 fully saturated rings. The highest BCUT2D eigenvalue weighted by atomic mass is 32.2. The maximum Gasteiger partial charge on any atom is 0.141 e. The van der Waals surface area contributed by atoms with Gasteiger partial charge in [-0.05, 0) is 60.2 Å². The first-order valence-electron chi connectivity index (χ1n) is 6.93. The number of benzene rings is 2. The number of hydrogen-bond donors (Lipinski definition) is 1. The van der Waals surface area contributed by atoms with Gasteiger partial charge >= 0.3 is 0 Å². The van der Waals surface area contributed by atoms with Crippen LogP contribution in [0, 0.1) is 0 Å². The zero-order valence-electron chi connectivity index (χ0n) is 11.7. The van der Waals surface area contributed by atoms with Crippen molar-refractivity contribution in [1.82, 2.24) is 0 Å². The van der Waals surface area contributed by atoms with Crippen LogP contribution >= 0.6 is 11.8 Å². The second-order valence-electron chi connectivity index (χ2n) is 5.15. The normalized spacial score (nSPS) is 13.2. The van der Waals surface area contributed by atoms with E-state index in [1.165, 1.54) is 40.8 Å². The molecule has 2 N–H and O–H groups in total. The largest absolute Gasteiger partial charge is 0.495 e. The van der Waals surface area contributed by atoms with Crippen molar-refractivity contribution in [3.05, 3.63) is 53.1 Å². The maximum absolute atomic E-state index is 5.94. The third-order valence-corrected chi connectivity index (χ3v) is 4.83. The number of nitrogens with two attached hydrogens (primary N) is 1. The number of fused-ring (bicyclic) bond motifs is 1. The molecule has 2 aromatic rings. The number of ether oxygens (including phenoxy) is 1. The fraction of sp³-hybridized carbons (Fsp3) is 0.294. The second-order valence-corrected chi connectivity index (χ2v) is 6.20. The Labute approximate surface area is 124 Å². The van der Waals surface area contributed by atoms with Crippen molar-refractivity contribution in [1.29, 1.82) is 0 Å². The van der Waals surface area contributed by atoms with Crippen LogP contribution in [0.3, 0.4) is 0 Å². The molecule has 2 nitrogen and oxygen atoms in total. The molecular formula is C17H19NOS. The van der Waals surface area contributed by atoms with Gasteiger partial charge in [-0.3, -0.25) is 0 Å². The lowest BCUT2D eigenvalue weighted by molar-refractivity contribution is 0.417. The van der Waals surface area contributed by atoms with Gasteiger partial charge < -0.3 is 10.5 Å². The van der Waals surface area contributed by atoms with Crippen LogP contribution < -0.4 is 10.5 Å². The van der Waals surface area contributed by atoms with Gasteiger partial charge in [0.1, 0.15) is 5.75 Å². The molecule has 0 bridgehead atoms. The summed E-state index contributed by atoms with van der Waals surface area (Å²) in [6.07, 6.45) is 3.78. The van der Waals surface area contributed by atoms with Crippen LogP contribution in [0.25, 0.3) is 0 Å². The van der Waals surface area contributed by atoms with Gasteiger partial charge in [-0.15, -0.1) is 11.8 Å². The third-order valence-electron chi connectivity index (χ3n) is 3.77. The average Bonchev–Trinajstić information content (AvgIpc) is 2.92. The van der Waals surface area contributed by atoms with E-state index in [0.717, 1.165) is 11.5 Å². The van der Waals surface area contributed by atoms with Gasteiger partial charge in [-0.1, -0.05) is 12.1 Å². The van der Waals surface area contributed by atoms with Gasteiger partial charge in [0.25, 0.3) is 0 Å². The molecule has 0 heterocycles. The molecule has 3 heteroatoms. The van der Waals surface area contributed by atoms with Crippen LogP contribution in [-0.4, -0.2) is 7.11 Å². The summed E-state index contributed by atoms with van der Waals surface area (Å²) in [5, 5.41) is 0. The molecule has 0 aromatic heterocycles. The van der Waals surface area contributed by atoms with Crippen molar-refractivity contribution in [3.63, 3.8) is 0 Å². The first-order chi connectivity index (χ1) is 9.76. The summed E-state index contributed by atoms with van der Waals surface area (Å²) < 4.78 is 5.18. The van der Waals surface area contributed by atoms with Crippen LogP contribution in [0.15, 0.2) is 41.3 Å². The highest BCUT2D eigenvalue weighted by molar-refractivity contribution is 7.98. The number of anilines is 1. The van der Waals surface area contributed by atoms with Crippen molar-refractivity contribution in [2.45, 2.75) is 29.9 Å². The van der Waals surface area contributed by atoms with Gasteiger partial charge in [0, 0.05) is 10.6 Å². The maximum atomic E-state index is 5.94. The summed E-state index contributed by atoms with van der Waals surface area (Å²) in [4.78, 5) is 1.35. The fourth-order valence-electron chi connectivity index (χ4n) is 2.68. The molecule has 2 aromatic carbocycles. The minimum atomic E-state index is 0.708. The SMILES string of the molecule is COc1ccc(CSc2ccc3c(c2)CCC3)cc1N. The fourth-order valence-corrected chi connectivity index (χ4v) is 3.58. The Balaban J connectivity index is 1.69. The Morgan fingerprint density at radius 2 is 1.95 bits per heavy atom. The highest BCUT2D eigenvalue weighted by Crippen LogP contribution is 2.30. The van der Waals surface area contributed by atoms with E-state index in [1.54, 1.807) is 7.11 Å². The number of rotatable bonds is 4. The summed E-state index contributed by atoms with van der Waals surface area (Å²) in [6.45, 7) is 0. The number of methoxy groups -OCH3 is 1. The molecule has 1 aliphatic carbocycles. The number of thioether (sulfide) groups is 1. The number of aryl methyl sites for hydroxylation is 2. The van der Waals surface area contributed by atoms with Crippen molar-refractivity contribution < 1.29 is 4.74 Å². The van der Waals surface area contributed by atoms with E-state index in [1.807, 2.05) is 23.9 Å². The lowest BCUT2D eigenvalue weighted by atomic mass is 10.1. The molecule has 3 rings (SSSR count). The number of hydrogen-bond acceptors (Lipinski definition) is 3. The first kappa shape index (κ1) is 13.4. The second kappa shape index (κ2) is 5.80. The standard InChI is InChI=1S/C17H19NOS/c1-19-17-8-5-12(9-16(17)18)11-20-15-7-6-13-3-2-4-14(13)10-15/h5-10H,2-4,11,18H2,1H3. The van der Waals surface area contributed by atoms with Crippen LogP contribution in [-0.2, 0) is 18.6 Å². The Kier molecular flexibility index (Phi) is 3.88. The zero-order valence-corrected chi connectivity index (χ0v) is 12.5. The first-order valence-corrected chi connectivity index (χ1v) is 7.92. The monoisotopic (exact) mass is 285 g/mol. The van der Waals surface area contributed by atoms with Gasteiger partial charge in [0.05, 0.1) is 12.8 Å². The van der Waals surface area contributed by atoms with Crippen LogP contribution in [0.1, 0.15) is 23.1 Å². The topological polar surface area (TPSA) is 35.2 Å². The van der Waals surface area contributed by atoms with Crippen LogP contribution in [0.2, 0.25) is 0 Å². The highest BCUT2D eigenvalue weighted by Gasteiger charge is 2.11. The minimum absolute atomic E-state index is 0.708. The molecule has 0 aliphatic heterocycles. The molecule has 0 saturated carbocycles. The van der Waals surface area contributed by atoms with E-state index >= 15 is 0 Å². The Hall–Kier alpha value is -1.61. The molecule has 20 heavy (non-hydrogen) atoms. The molecule has 0 amide bonds. The van der Waals surface area contributed by atoms with Gasteiger partial charge in [0.2, 0.25) is 0 Å².